The number of halogens is 2. The minimum absolute atomic E-state index is 0. The van der Waals surface area contributed by atoms with Gasteiger partial charge in [0.1, 0.15) is 12.1 Å². The third-order valence-corrected chi connectivity index (χ3v) is 6.27. The second kappa shape index (κ2) is 8.59. The number of hydrogen-bond acceptors (Lipinski definition) is 4. The Morgan fingerprint density at radius 2 is 1.90 bits per heavy atom. The second-order valence-corrected chi connectivity index (χ2v) is 7.90. The van der Waals surface area contributed by atoms with E-state index in [0.717, 1.165) is 43.3 Å². The first-order valence-electron chi connectivity index (χ1n) is 10.0. The summed E-state index contributed by atoms with van der Waals surface area (Å²) in [5.41, 5.74) is 1.64. The molecule has 3 saturated heterocycles. The number of hydrogen-bond donors (Lipinski definition) is 1. The molecule has 0 saturated carbocycles. The fourth-order valence-electron chi connectivity index (χ4n) is 4.91. The molecule has 4 heterocycles. The molecule has 156 valence electrons. The summed E-state index contributed by atoms with van der Waals surface area (Å²) in [6, 6.07) is 6.17. The van der Waals surface area contributed by atoms with Crippen molar-refractivity contribution in [3.8, 4) is 11.5 Å². The molecule has 2 aromatic rings. The molecule has 29 heavy (non-hydrogen) atoms. The highest BCUT2D eigenvalue weighted by Gasteiger charge is 2.53. The Balaban J connectivity index is 0.00000205. The average Bonchev–Trinajstić information content (AvgIpc) is 3.48. The first kappa shape index (κ1) is 20.6. The maximum atomic E-state index is 13.1. The molecular weight excluding hydrogens is 486 g/mol. The number of guanidine groups is 1. The zero-order valence-electron chi connectivity index (χ0n) is 16.4. The number of likely N-dealkylation sites (tertiary alicyclic amines) is 1. The SMILES string of the molecule is CN=C(NCCc1coc(-c2ccc(F)cc2)n1)N1CC2C3CCC(O3)C2C1.I. The van der Waals surface area contributed by atoms with Crippen molar-refractivity contribution < 1.29 is 13.5 Å². The lowest BCUT2D eigenvalue weighted by Crippen LogP contribution is -2.42. The van der Waals surface area contributed by atoms with Crippen LogP contribution in [0.4, 0.5) is 4.39 Å². The molecule has 0 amide bonds. The van der Waals surface area contributed by atoms with Gasteiger partial charge in [0.05, 0.1) is 17.9 Å². The van der Waals surface area contributed by atoms with Gasteiger partial charge in [0.25, 0.3) is 0 Å². The first-order chi connectivity index (χ1) is 13.7. The Morgan fingerprint density at radius 1 is 1.21 bits per heavy atom. The second-order valence-electron chi connectivity index (χ2n) is 7.90. The van der Waals surface area contributed by atoms with Gasteiger partial charge in [0, 0.05) is 50.5 Å². The molecule has 2 bridgehead atoms. The number of nitrogens with zero attached hydrogens (tertiary/aromatic N) is 3. The monoisotopic (exact) mass is 512 g/mol. The van der Waals surface area contributed by atoms with E-state index < -0.39 is 0 Å². The molecule has 8 heteroatoms. The van der Waals surface area contributed by atoms with Crippen LogP contribution in [0.5, 0.6) is 0 Å². The quantitative estimate of drug-likeness (QED) is 0.387. The van der Waals surface area contributed by atoms with Crippen molar-refractivity contribution in [2.24, 2.45) is 16.8 Å². The zero-order chi connectivity index (χ0) is 19.1. The molecule has 1 N–H and O–H groups in total. The van der Waals surface area contributed by atoms with E-state index in [0.29, 0.717) is 29.9 Å². The summed E-state index contributed by atoms with van der Waals surface area (Å²) in [6.07, 6.45) is 5.75. The molecule has 1 aromatic heterocycles. The molecule has 6 nitrogen and oxygen atoms in total. The Labute approximate surface area is 186 Å². The van der Waals surface area contributed by atoms with Crippen LogP contribution in [0.2, 0.25) is 0 Å². The number of fused-ring (bicyclic) bond motifs is 5. The highest BCUT2D eigenvalue weighted by molar-refractivity contribution is 14.0. The first-order valence-corrected chi connectivity index (χ1v) is 10.0. The Bertz CT molecular complexity index is 854. The van der Waals surface area contributed by atoms with E-state index in [-0.39, 0.29) is 29.8 Å². The summed E-state index contributed by atoms with van der Waals surface area (Å²) in [4.78, 5) is 11.3. The summed E-state index contributed by atoms with van der Waals surface area (Å²) >= 11 is 0. The minimum atomic E-state index is -0.267. The predicted molar refractivity (Wildman–Crippen MR) is 119 cm³/mol. The van der Waals surface area contributed by atoms with Crippen LogP contribution < -0.4 is 5.32 Å². The van der Waals surface area contributed by atoms with Crippen molar-refractivity contribution >= 4 is 29.9 Å². The van der Waals surface area contributed by atoms with E-state index in [9.17, 15) is 4.39 Å². The number of aromatic nitrogens is 1. The molecule has 0 spiro atoms. The fraction of sp³-hybridized carbons (Fsp3) is 0.524. The van der Waals surface area contributed by atoms with Crippen LogP contribution in [0, 0.1) is 17.7 Å². The predicted octanol–water partition coefficient (Wildman–Crippen LogP) is 3.33. The van der Waals surface area contributed by atoms with E-state index in [1.165, 1.54) is 25.0 Å². The van der Waals surface area contributed by atoms with E-state index in [2.05, 4.69) is 20.2 Å². The van der Waals surface area contributed by atoms with Crippen molar-refractivity contribution in [2.75, 3.05) is 26.7 Å². The number of benzene rings is 1. The molecule has 4 unspecified atom stereocenters. The van der Waals surface area contributed by atoms with Crippen molar-refractivity contribution in [1.29, 1.82) is 0 Å². The number of ether oxygens (including phenoxy) is 1. The molecule has 3 aliphatic heterocycles. The molecule has 4 atom stereocenters. The van der Waals surface area contributed by atoms with E-state index in [1.807, 2.05) is 7.05 Å². The Hall–Kier alpha value is -1.68. The van der Waals surface area contributed by atoms with Gasteiger partial charge >= 0.3 is 0 Å². The van der Waals surface area contributed by atoms with Gasteiger partial charge in [-0.1, -0.05) is 0 Å². The van der Waals surface area contributed by atoms with Gasteiger partial charge in [0.2, 0.25) is 5.89 Å². The highest BCUT2D eigenvalue weighted by atomic mass is 127. The maximum absolute atomic E-state index is 13.1. The van der Waals surface area contributed by atoms with E-state index in [4.69, 9.17) is 9.15 Å². The maximum Gasteiger partial charge on any atom is 0.226 e. The van der Waals surface area contributed by atoms with Crippen molar-refractivity contribution in [2.45, 2.75) is 31.5 Å². The highest BCUT2D eigenvalue weighted by Crippen LogP contribution is 2.47. The average molecular weight is 512 g/mol. The van der Waals surface area contributed by atoms with Crippen LogP contribution in [-0.2, 0) is 11.2 Å². The lowest BCUT2D eigenvalue weighted by atomic mass is 9.82. The largest absolute Gasteiger partial charge is 0.444 e. The van der Waals surface area contributed by atoms with Gasteiger partial charge < -0.3 is 19.4 Å². The van der Waals surface area contributed by atoms with Crippen molar-refractivity contribution in [3.63, 3.8) is 0 Å². The lowest BCUT2D eigenvalue weighted by Gasteiger charge is -2.23. The summed E-state index contributed by atoms with van der Waals surface area (Å²) in [5.74, 6) is 2.52. The van der Waals surface area contributed by atoms with Gasteiger partial charge in [-0.05, 0) is 37.1 Å². The van der Waals surface area contributed by atoms with Crippen LogP contribution in [-0.4, -0.2) is 54.7 Å². The Morgan fingerprint density at radius 3 is 2.55 bits per heavy atom. The van der Waals surface area contributed by atoms with Gasteiger partial charge in [-0.2, -0.15) is 0 Å². The van der Waals surface area contributed by atoms with Gasteiger partial charge in [-0.15, -0.1) is 24.0 Å². The molecule has 0 aliphatic carbocycles. The van der Waals surface area contributed by atoms with E-state index in [1.54, 1.807) is 18.4 Å². The number of nitrogens with one attached hydrogen (secondary N) is 1. The molecular formula is C21H26FIN4O2. The zero-order valence-corrected chi connectivity index (χ0v) is 18.7. The van der Waals surface area contributed by atoms with Crippen molar-refractivity contribution in [1.82, 2.24) is 15.2 Å². The van der Waals surface area contributed by atoms with Crippen LogP contribution >= 0.6 is 24.0 Å². The smallest absolute Gasteiger partial charge is 0.226 e. The summed E-state index contributed by atoms with van der Waals surface area (Å²) in [6.45, 7) is 2.80. The van der Waals surface area contributed by atoms with E-state index >= 15 is 0 Å². The van der Waals surface area contributed by atoms with Crippen LogP contribution in [0.25, 0.3) is 11.5 Å². The lowest BCUT2D eigenvalue weighted by molar-refractivity contribution is 0.0767. The minimum Gasteiger partial charge on any atom is -0.444 e. The third kappa shape index (κ3) is 4.01. The van der Waals surface area contributed by atoms with Crippen LogP contribution in [0.3, 0.4) is 0 Å². The van der Waals surface area contributed by atoms with Crippen LogP contribution in [0.15, 0.2) is 39.9 Å². The van der Waals surface area contributed by atoms with Gasteiger partial charge in [0.15, 0.2) is 5.96 Å². The summed E-state index contributed by atoms with van der Waals surface area (Å²) in [5, 5.41) is 3.46. The normalized spacial score (nSPS) is 27.8. The van der Waals surface area contributed by atoms with Crippen molar-refractivity contribution in [3.05, 3.63) is 42.0 Å². The van der Waals surface area contributed by atoms with Gasteiger partial charge in [-0.25, -0.2) is 9.37 Å². The third-order valence-electron chi connectivity index (χ3n) is 6.27. The fourth-order valence-corrected chi connectivity index (χ4v) is 4.91. The summed E-state index contributed by atoms with van der Waals surface area (Å²) in [7, 11) is 1.84. The number of oxazole rings is 1. The molecule has 3 aliphatic rings. The molecule has 1 aromatic carbocycles. The van der Waals surface area contributed by atoms with Crippen LogP contribution in [0.1, 0.15) is 18.5 Å². The Kier molecular flexibility index (Phi) is 6.10. The molecule has 3 fully saturated rings. The summed E-state index contributed by atoms with van der Waals surface area (Å²) < 4.78 is 24.6. The molecule has 5 rings (SSSR count). The number of rotatable bonds is 4. The topological polar surface area (TPSA) is 62.9 Å². The van der Waals surface area contributed by atoms with Gasteiger partial charge in [-0.3, -0.25) is 4.99 Å². The number of aliphatic imine (C=N–C) groups is 1. The molecule has 0 radical (unpaired) electrons. The standard InChI is InChI=1S/C21H25FN4O2.HI/c1-23-21(26-10-16-17(11-26)19-7-6-18(16)28-19)24-9-8-15-12-27-20(25-15)13-2-4-14(22)5-3-13;/h2-5,12,16-19H,6-11H2,1H3,(H,23,24);1H.